The van der Waals surface area contributed by atoms with Gasteiger partial charge in [0.1, 0.15) is 11.9 Å². The SMILES string of the molecule is COc1cc(-c2ccc(CC3CCN(C(=O)OC(C)(C)C)CC3)c([N+](=O)[O-])c2)cn2ncnc12. The highest BCUT2D eigenvalue weighted by atomic mass is 16.6. The van der Waals surface area contributed by atoms with Crippen LogP contribution in [0.5, 0.6) is 5.75 Å². The summed E-state index contributed by atoms with van der Waals surface area (Å²) in [7, 11) is 1.55. The van der Waals surface area contributed by atoms with Gasteiger partial charge in [-0.1, -0.05) is 12.1 Å². The average molecular weight is 468 g/mol. The van der Waals surface area contributed by atoms with Gasteiger partial charge in [0, 0.05) is 36.5 Å². The van der Waals surface area contributed by atoms with Gasteiger partial charge in [0.05, 0.1) is 12.0 Å². The van der Waals surface area contributed by atoms with Crippen molar-refractivity contribution in [2.75, 3.05) is 20.2 Å². The number of nitro benzene ring substituents is 1. The molecule has 1 saturated heterocycles. The number of fused-ring (bicyclic) bond motifs is 1. The summed E-state index contributed by atoms with van der Waals surface area (Å²) in [5.74, 6) is 0.799. The summed E-state index contributed by atoms with van der Waals surface area (Å²) >= 11 is 0. The summed E-state index contributed by atoms with van der Waals surface area (Å²) in [4.78, 5) is 29.7. The number of ether oxygens (including phenoxy) is 2. The molecule has 1 aliphatic heterocycles. The van der Waals surface area contributed by atoms with Crippen molar-refractivity contribution in [3.8, 4) is 16.9 Å². The maximum atomic E-state index is 12.3. The van der Waals surface area contributed by atoms with Crippen molar-refractivity contribution >= 4 is 17.4 Å². The molecule has 0 atom stereocenters. The Bertz CT molecular complexity index is 1210. The molecule has 0 N–H and O–H groups in total. The second-order valence-electron chi connectivity index (χ2n) is 9.54. The Morgan fingerprint density at radius 3 is 2.59 bits per heavy atom. The molecule has 2 aromatic heterocycles. The Hall–Kier alpha value is -3.69. The minimum atomic E-state index is -0.529. The summed E-state index contributed by atoms with van der Waals surface area (Å²) < 4.78 is 12.5. The molecular weight excluding hydrogens is 438 g/mol. The van der Waals surface area contributed by atoms with Crippen LogP contribution in [0.1, 0.15) is 39.2 Å². The zero-order chi connectivity index (χ0) is 24.5. The third-order valence-electron chi connectivity index (χ3n) is 5.95. The monoisotopic (exact) mass is 467 g/mol. The van der Waals surface area contributed by atoms with Crippen LogP contribution in [-0.4, -0.2) is 56.3 Å². The first kappa shape index (κ1) is 23.5. The maximum Gasteiger partial charge on any atom is 0.410 e. The van der Waals surface area contributed by atoms with Crippen LogP contribution in [0.4, 0.5) is 10.5 Å². The van der Waals surface area contributed by atoms with Gasteiger partial charge in [0.15, 0.2) is 11.4 Å². The lowest BCUT2D eigenvalue weighted by atomic mass is 9.89. The number of hydrogen-bond donors (Lipinski definition) is 0. The molecule has 180 valence electrons. The fraction of sp³-hybridized carbons (Fsp3) is 0.458. The first-order valence-electron chi connectivity index (χ1n) is 11.3. The van der Waals surface area contributed by atoms with Crippen LogP contribution in [-0.2, 0) is 11.2 Å². The molecule has 1 aliphatic rings. The molecule has 10 nitrogen and oxygen atoms in total. The van der Waals surface area contributed by atoms with Crippen LogP contribution >= 0.6 is 0 Å². The number of nitro groups is 1. The molecule has 0 bridgehead atoms. The van der Waals surface area contributed by atoms with Crippen molar-refractivity contribution in [1.82, 2.24) is 19.5 Å². The molecule has 3 aromatic rings. The number of likely N-dealkylation sites (tertiary alicyclic amines) is 1. The standard InChI is InChI=1S/C24H29N5O5/c1-24(2,3)34-23(30)27-9-7-16(8-10-27)11-18-6-5-17(12-20(18)29(31)32)19-13-21(33-4)22-25-15-26-28(22)14-19/h5-6,12-16H,7-11H2,1-4H3. The van der Waals surface area contributed by atoms with Crippen LogP contribution in [0.2, 0.25) is 0 Å². The third-order valence-corrected chi connectivity index (χ3v) is 5.95. The predicted molar refractivity (Wildman–Crippen MR) is 126 cm³/mol. The van der Waals surface area contributed by atoms with Crippen molar-refractivity contribution in [3.63, 3.8) is 0 Å². The van der Waals surface area contributed by atoms with Gasteiger partial charge in [0.25, 0.3) is 5.69 Å². The first-order chi connectivity index (χ1) is 16.1. The summed E-state index contributed by atoms with van der Waals surface area (Å²) in [5, 5.41) is 16.1. The quantitative estimate of drug-likeness (QED) is 0.401. The van der Waals surface area contributed by atoms with E-state index in [-0.39, 0.29) is 22.6 Å². The molecule has 4 rings (SSSR count). The molecule has 34 heavy (non-hydrogen) atoms. The number of pyridine rings is 1. The first-order valence-corrected chi connectivity index (χ1v) is 11.3. The molecule has 1 fully saturated rings. The van der Waals surface area contributed by atoms with Gasteiger partial charge in [-0.2, -0.15) is 5.10 Å². The average Bonchev–Trinajstić information content (AvgIpc) is 3.26. The molecule has 0 aliphatic carbocycles. The minimum Gasteiger partial charge on any atom is -0.493 e. The van der Waals surface area contributed by atoms with E-state index in [2.05, 4.69) is 10.1 Å². The Kier molecular flexibility index (Phi) is 6.41. The number of piperidine rings is 1. The second-order valence-corrected chi connectivity index (χ2v) is 9.54. The number of rotatable bonds is 5. The normalized spacial score (nSPS) is 14.9. The third kappa shape index (κ3) is 5.11. The number of carbonyl (C=O) groups excluding carboxylic acids is 1. The second kappa shape index (κ2) is 9.28. The van der Waals surface area contributed by atoms with Crippen LogP contribution < -0.4 is 4.74 Å². The van der Waals surface area contributed by atoms with Gasteiger partial charge in [-0.3, -0.25) is 10.1 Å². The minimum absolute atomic E-state index is 0.0877. The zero-order valence-corrected chi connectivity index (χ0v) is 19.9. The molecule has 0 saturated carbocycles. The van der Waals surface area contributed by atoms with E-state index in [1.165, 1.54) is 6.33 Å². The van der Waals surface area contributed by atoms with E-state index in [1.807, 2.05) is 32.9 Å². The molecule has 0 spiro atoms. The fourth-order valence-electron chi connectivity index (χ4n) is 4.25. The molecule has 1 amide bonds. The van der Waals surface area contributed by atoms with Crippen molar-refractivity contribution < 1.29 is 19.2 Å². The summed E-state index contributed by atoms with van der Waals surface area (Å²) in [6.45, 7) is 6.72. The number of hydrogen-bond acceptors (Lipinski definition) is 7. The Morgan fingerprint density at radius 1 is 1.21 bits per heavy atom. The van der Waals surface area contributed by atoms with Crippen LogP contribution in [0.3, 0.4) is 0 Å². The topological polar surface area (TPSA) is 112 Å². The lowest BCUT2D eigenvalue weighted by molar-refractivity contribution is -0.385. The van der Waals surface area contributed by atoms with Gasteiger partial charge < -0.3 is 14.4 Å². The van der Waals surface area contributed by atoms with E-state index in [4.69, 9.17) is 9.47 Å². The highest BCUT2D eigenvalue weighted by molar-refractivity contribution is 5.71. The van der Waals surface area contributed by atoms with E-state index >= 15 is 0 Å². The summed E-state index contributed by atoms with van der Waals surface area (Å²) in [6.07, 6.45) is 5.04. The number of amides is 1. The van der Waals surface area contributed by atoms with Gasteiger partial charge in [-0.15, -0.1) is 0 Å². The largest absolute Gasteiger partial charge is 0.493 e. The van der Waals surface area contributed by atoms with Gasteiger partial charge in [-0.05, 0) is 57.6 Å². The van der Waals surface area contributed by atoms with E-state index in [0.29, 0.717) is 42.0 Å². The Balaban J connectivity index is 1.50. The zero-order valence-electron chi connectivity index (χ0n) is 19.9. The van der Waals surface area contributed by atoms with Crippen molar-refractivity contribution in [1.29, 1.82) is 0 Å². The molecule has 1 aromatic carbocycles. The van der Waals surface area contributed by atoms with Gasteiger partial charge in [-0.25, -0.2) is 14.3 Å². The molecular formula is C24H29N5O5. The molecule has 0 unspecified atom stereocenters. The van der Waals surface area contributed by atoms with Crippen LogP contribution in [0, 0.1) is 16.0 Å². The van der Waals surface area contributed by atoms with Gasteiger partial charge in [0.2, 0.25) is 0 Å². The van der Waals surface area contributed by atoms with E-state index < -0.39 is 5.60 Å². The predicted octanol–water partition coefficient (Wildman–Crippen LogP) is 4.50. The summed E-state index contributed by atoms with van der Waals surface area (Å²) in [6, 6.07) is 7.11. The lowest BCUT2D eigenvalue weighted by Gasteiger charge is -2.33. The maximum absolute atomic E-state index is 12.3. The summed E-state index contributed by atoms with van der Waals surface area (Å²) in [5.41, 5.74) is 2.28. The molecule has 0 radical (unpaired) electrons. The van der Waals surface area contributed by atoms with Gasteiger partial charge >= 0.3 is 6.09 Å². The van der Waals surface area contributed by atoms with Crippen molar-refractivity contribution in [3.05, 3.63) is 52.5 Å². The Labute approximate surface area is 197 Å². The fourth-order valence-corrected chi connectivity index (χ4v) is 4.25. The van der Waals surface area contributed by atoms with E-state index in [0.717, 1.165) is 18.4 Å². The number of aromatic nitrogens is 3. The number of benzene rings is 1. The molecule has 3 heterocycles. The number of nitrogens with zero attached hydrogens (tertiary/aromatic N) is 5. The highest BCUT2D eigenvalue weighted by Crippen LogP contribution is 2.33. The number of carbonyl (C=O) groups is 1. The van der Waals surface area contributed by atoms with E-state index in [1.54, 1.807) is 34.9 Å². The van der Waals surface area contributed by atoms with E-state index in [9.17, 15) is 14.9 Å². The Morgan fingerprint density at radius 2 is 1.94 bits per heavy atom. The number of methoxy groups -OCH3 is 1. The lowest BCUT2D eigenvalue weighted by Crippen LogP contribution is -2.42. The van der Waals surface area contributed by atoms with Crippen LogP contribution in [0.25, 0.3) is 16.8 Å². The van der Waals surface area contributed by atoms with Crippen molar-refractivity contribution in [2.24, 2.45) is 5.92 Å². The van der Waals surface area contributed by atoms with Crippen molar-refractivity contribution in [2.45, 2.75) is 45.6 Å². The van der Waals surface area contributed by atoms with Crippen LogP contribution in [0.15, 0.2) is 36.8 Å². The smallest absolute Gasteiger partial charge is 0.410 e. The highest BCUT2D eigenvalue weighted by Gasteiger charge is 2.28. The molecule has 10 heteroatoms.